The number of nitrogens with zero attached hydrogens (tertiary/aromatic N) is 3. The van der Waals surface area contributed by atoms with Crippen molar-refractivity contribution in [1.29, 1.82) is 5.26 Å². The fourth-order valence-corrected chi connectivity index (χ4v) is 4.06. The van der Waals surface area contributed by atoms with Crippen molar-refractivity contribution < 1.29 is 17.6 Å². The van der Waals surface area contributed by atoms with E-state index in [1.165, 1.54) is 19.9 Å². The molecule has 1 amide bonds. The summed E-state index contributed by atoms with van der Waals surface area (Å²) in [5.74, 6) is 0.0850. The Labute approximate surface area is 181 Å². The van der Waals surface area contributed by atoms with Crippen molar-refractivity contribution >= 4 is 50.1 Å². The highest BCUT2D eigenvalue weighted by atomic mass is 35.5. The van der Waals surface area contributed by atoms with Gasteiger partial charge in [-0.1, -0.05) is 11.6 Å². The number of carbonyl (C=O) groups is 1. The van der Waals surface area contributed by atoms with Crippen molar-refractivity contribution in [1.82, 2.24) is 9.36 Å². The number of furan rings is 1. The molecule has 1 N–H and O–H groups in total. The van der Waals surface area contributed by atoms with E-state index in [4.69, 9.17) is 16.0 Å². The van der Waals surface area contributed by atoms with Gasteiger partial charge in [-0.2, -0.15) is 14.6 Å². The molecule has 154 valence electrons. The predicted octanol–water partition coefficient (Wildman–Crippen LogP) is 4.18. The summed E-state index contributed by atoms with van der Waals surface area (Å²) in [7, 11) is -3.66. The molecule has 0 aliphatic heterocycles. The van der Waals surface area contributed by atoms with Gasteiger partial charge >= 0.3 is 0 Å². The number of nitriles is 1. The molecule has 2 heterocycles. The molecule has 0 spiro atoms. The molecule has 0 aliphatic rings. The van der Waals surface area contributed by atoms with Crippen LogP contribution in [0.15, 0.2) is 51.5 Å². The third-order valence-corrected chi connectivity index (χ3v) is 6.84. The van der Waals surface area contributed by atoms with E-state index in [0.717, 1.165) is 5.56 Å². The molecule has 0 aliphatic carbocycles. The fraction of sp³-hybridized carbons (Fsp3) is 0.158. The summed E-state index contributed by atoms with van der Waals surface area (Å²) in [4.78, 5) is 16.2. The first-order chi connectivity index (χ1) is 14.2. The number of hydrogen-bond acceptors (Lipinski definition) is 8. The van der Waals surface area contributed by atoms with Gasteiger partial charge in [0.1, 0.15) is 23.2 Å². The lowest BCUT2D eigenvalue weighted by Gasteiger charge is -2.02. The van der Waals surface area contributed by atoms with Gasteiger partial charge in [0.05, 0.1) is 5.25 Å². The zero-order chi connectivity index (χ0) is 21.9. The maximum absolute atomic E-state index is 12.4. The first-order valence-corrected chi connectivity index (χ1v) is 11.3. The number of carbonyl (C=O) groups excluding carboxylic acids is 1. The predicted molar refractivity (Wildman–Crippen MR) is 114 cm³/mol. The van der Waals surface area contributed by atoms with Crippen molar-refractivity contribution in [3.8, 4) is 17.4 Å². The van der Waals surface area contributed by atoms with Crippen LogP contribution in [0.1, 0.15) is 19.6 Å². The van der Waals surface area contributed by atoms with Crippen LogP contribution in [0.3, 0.4) is 0 Å². The Balaban J connectivity index is 1.77. The molecule has 11 heteroatoms. The van der Waals surface area contributed by atoms with Gasteiger partial charge in [0, 0.05) is 28.2 Å². The summed E-state index contributed by atoms with van der Waals surface area (Å²) < 4.78 is 33.6. The van der Waals surface area contributed by atoms with Gasteiger partial charge in [-0.15, -0.1) is 0 Å². The maximum Gasteiger partial charge on any atom is 0.268 e. The van der Waals surface area contributed by atoms with Crippen molar-refractivity contribution in [2.75, 3.05) is 5.32 Å². The molecule has 0 unspecified atom stereocenters. The monoisotopic (exact) mass is 462 g/mol. The highest BCUT2D eigenvalue weighted by Crippen LogP contribution is 2.25. The highest BCUT2D eigenvalue weighted by Gasteiger charge is 2.25. The van der Waals surface area contributed by atoms with Crippen LogP contribution in [0.4, 0.5) is 5.13 Å². The smallest absolute Gasteiger partial charge is 0.268 e. The topological polar surface area (TPSA) is 126 Å². The molecule has 0 saturated carbocycles. The molecular formula is C19H15ClN4O4S2. The number of halogens is 1. The van der Waals surface area contributed by atoms with Crippen LogP contribution in [0, 0.1) is 11.3 Å². The number of hydrogen-bond donors (Lipinski definition) is 1. The Morgan fingerprint density at radius 2 is 1.97 bits per heavy atom. The van der Waals surface area contributed by atoms with Crippen LogP contribution in [-0.2, 0) is 14.6 Å². The van der Waals surface area contributed by atoms with Crippen LogP contribution in [0.25, 0.3) is 17.4 Å². The molecule has 8 nitrogen and oxygen atoms in total. The summed E-state index contributed by atoms with van der Waals surface area (Å²) in [6.45, 7) is 3.01. The Morgan fingerprint density at radius 3 is 2.60 bits per heavy atom. The molecular weight excluding hydrogens is 448 g/mol. The first kappa shape index (κ1) is 21.7. The number of nitrogens with one attached hydrogen (secondary N) is 1. The minimum Gasteiger partial charge on any atom is -0.457 e. The van der Waals surface area contributed by atoms with E-state index in [2.05, 4.69) is 14.7 Å². The van der Waals surface area contributed by atoms with E-state index in [0.29, 0.717) is 28.1 Å². The van der Waals surface area contributed by atoms with Crippen LogP contribution < -0.4 is 5.32 Å². The number of aromatic nitrogens is 2. The van der Waals surface area contributed by atoms with Gasteiger partial charge in [0.15, 0.2) is 0 Å². The number of sulfone groups is 1. The van der Waals surface area contributed by atoms with Gasteiger partial charge < -0.3 is 4.42 Å². The third-order valence-electron chi connectivity index (χ3n) is 3.91. The van der Waals surface area contributed by atoms with E-state index >= 15 is 0 Å². The molecule has 0 fully saturated rings. The molecule has 30 heavy (non-hydrogen) atoms. The second kappa shape index (κ2) is 8.79. The summed E-state index contributed by atoms with van der Waals surface area (Å²) in [6.07, 6.45) is 1.28. The molecule has 0 bridgehead atoms. The van der Waals surface area contributed by atoms with E-state index in [1.807, 2.05) is 0 Å². The molecule has 1 aromatic carbocycles. The second-order valence-electron chi connectivity index (χ2n) is 6.31. The zero-order valence-corrected chi connectivity index (χ0v) is 18.2. The Bertz CT molecular complexity index is 1250. The lowest BCUT2D eigenvalue weighted by Crippen LogP contribution is -2.16. The average molecular weight is 463 g/mol. The highest BCUT2D eigenvalue weighted by molar-refractivity contribution is 7.91. The van der Waals surface area contributed by atoms with Crippen LogP contribution in [0.2, 0.25) is 5.02 Å². The largest absolute Gasteiger partial charge is 0.457 e. The van der Waals surface area contributed by atoms with Gasteiger partial charge in [0.2, 0.25) is 15.0 Å². The average Bonchev–Trinajstić information content (AvgIpc) is 3.36. The summed E-state index contributed by atoms with van der Waals surface area (Å²) >= 11 is 6.59. The lowest BCUT2D eigenvalue weighted by atomic mass is 10.2. The zero-order valence-electron chi connectivity index (χ0n) is 15.8. The van der Waals surface area contributed by atoms with Crippen LogP contribution in [0.5, 0.6) is 0 Å². The van der Waals surface area contributed by atoms with Gasteiger partial charge in [-0.25, -0.2) is 8.42 Å². The number of benzene rings is 1. The van der Waals surface area contributed by atoms with Crippen molar-refractivity contribution in [3.63, 3.8) is 0 Å². The first-order valence-electron chi connectivity index (χ1n) is 8.57. The fourth-order valence-electron chi connectivity index (χ4n) is 2.24. The number of amides is 1. The summed E-state index contributed by atoms with van der Waals surface area (Å²) in [6, 6.07) is 12.1. The molecule has 0 saturated heterocycles. The minimum absolute atomic E-state index is 0.0262. The quantitative estimate of drug-likeness (QED) is 0.430. The van der Waals surface area contributed by atoms with Crippen LogP contribution in [-0.4, -0.2) is 28.9 Å². The van der Waals surface area contributed by atoms with Crippen molar-refractivity contribution in [3.05, 3.63) is 52.8 Å². The van der Waals surface area contributed by atoms with E-state index in [1.54, 1.807) is 42.5 Å². The van der Waals surface area contributed by atoms with Gasteiger partial charge in [-0.05, 0) is 50.2 Å². The SMILES string of the molecule is CC(C)S(=O)(=O)c1nsc(NC(=O)/C(C#N)=C\c2ccc(-c3ccc(Cl)cc3)o2)n1. The molecule has 0 radical (unpaired) electrons. The number of anilines is 1. The normalized spacial score (nSPS) is 12.0. The van der Waals surface area contributed by atoms with E-state index in [9.17, 15) is 18.5 Å². The Kier molecular flexibility index (Phi) is 6.36. The summed E-state index contributed by atoms with van der Waals surface area (Å²) in [5, 5.41) is 11.2. The van der Waals surface area contributed by atoms with Gasteiger partial charge in [-0.3, -0.25) is 10.1 Å². The summed E-state index contributed by atoms with van der Waals surface area (Å²) in [5.41, 5.74) is 0.547. The standard InChI is InChI=1S/C19H15ClN4O4S2/c1-11(2)30(26,27)19-23-18(29-24-19)22-17(25)13(10-21)9-15-7-8-16(28-15)12-3-5-14(20)6-4-12/h3-9,11H,1-2H3,(H,22,23,24,25)/b13-9-. The van der Waals surface area contributed by atoms with E-state index in [-0.39, 0.29) is 15.9 Å². The maximum atomic E-state index is 12.4. The van der Waals surface area contributed by atoms with Crippen molar-refractivity contribution in [2.45, 2.75) is 24.3 Å². The lowest BCUT2D eigenvalue weighted by molar-refractivity contribution is -0.112. The Morgan fingerprint density at radius 1 is 1.27 bits per heavy atom. The third kappa shape index (κ3) is 4.76. The van der Waals surface area contributed by atoms with Crippen LogP contribution >= 0.6 is 23.1 Å². The van der Waals surface area contributed by atoms with Crippen molar-refractivity contribution in [2.24, 2.45) is 0 Å². The molecule has 2 aromatic heterocycles. The second-order valence-corrected chi connectivity index (χ2v) is 9.89. The molecule has 3 rings (SSSR count). The molecule has 3 aromatic rings. The number of rotatable bonds is 6. The molecule has 0 atom stereocenters. The Hall–Kier alpha value is -3.00. The minimum atomic E-state index is -3.66. The van der Waals surface area contributed by atoms with E-state index < -0.39 is 21.0 Å². The van der Waals surface area contributed by atoms with Gasteiger partial charge in [0.25, 0.3) is 11.1 Å².